The molecule has 8 nitrogen and oxygen atoms in total. The van der Waals surface area contributed by atoms with E-state index in [0.717, 1.165) is 0 Å². The van der Waals surface area contributed by atoms with Crippen molar-refractivity contribution in [3.63, 3.8) is 0 Å². The number of hydrogen-bond donors (Lipinski definition) is 1. The summed E-state index contributed by atoms with van der Waals surface area (Å²) in [6, 6.07) is 6.79. The van der Waals surface area contributed by atoms with Crippen molar-refractivity contribution in [1.29, 1.82) is 0 Å². The van der Waals surface area contributed by atoms with Crippen LogP contribution in [0.4, 0.5) is 5.13 Å². The van der Waals surface area contributed by atoms with Crippen LogP contribution in [0.15, 0.2) is 29.6 Å². The second kappa shape index (κ2) is 11.8. The summed E-state index contributed by atoms with van der Waals surface area (Å²) in [5.74, 6) is -0.501. The molecule has 1 N–H and O–H groups in total. The molecule has 1 saturated heterocycles. The average molecular weight is 507 g/mol. The molecule has 1 aliphatic rings. The molecule has 2 aromatic rings. The van der Waals surface area contributed by atoms with Crippen molar-refractivity contribution in [3.8, 4) is 0 Å². The molecule has 0 unspecified atom stereocenters. The lowest BCUT2D eigenvalue weighted by Gasteiger charge is -2.35. The summed E-state index contributed by atoms with van der Waals surface area (Å²) >= 11 is 7.44. The Morgan fingerprint density at radius 1 is 1.24 bits per heavy atom. The monoisotopic (exact) mass is 506 g/mol. The summed E-state index contributed by atoms with van der Waals surface area (Å²) in [5.41, 5.74) is 0.961. The molecular formula is C24H31ClN4O4S. The number of carbonyl (C=O) groups excluding carboxylic acids is 3. The smallest absolute Gasteiger partial charge is 0.255 e. The Morgan fingerprint density at radius 2 is 1.91 bits per heavy atom. The zero-order valence-corrected chi connectivity index (χ0v) is 21.5. The molecule has 0 aliphatic carbocycles. The first-order chi connectivity index (χ1) is 16.1. The number of ether oxygens (including phenoxy) is 1. The Morgan fingerprint density at radius 3 is 2.56 bits per heavy atom. The lowest BCUT2D eigenvalue weighted by molar-refractivity contribution is -0.142. The van der Waals surface area contributed by atoms with E-state index in [1.165, 1.54) is 16.2 Å². The van der Waals surface area contributed by atoms with Crippen LogP contribution in [0.2, 0.25) is 5.02 Å². The molecule has 0 spiro atoms. The third-order valence-corrected chi connectivity index (χ3v) is 6.35. The Labute approximate surface area is 209 Å². The normalized spacial score (nSPS) is 18.1. The van der Waals surface area contributed by atoms with E-state index in [4.69, 9.17) is 16.3 Å². The van der Waals surface area contributed by atoms with Crippen LogP contribution >= 0.6 is 22.9 Å². The van der Waals surface area contributed by atoms with Gasteiger partial charge in [0.25, 0.3) is 5.91 Å². The van der Waals surface area contributed by atoms with Crippen LogP contribution in [0.25, 0.3) is 0 Å². The van der Waals surface area contributed by atoms with Gasteiger partial charge in [-0.25, -0.2) is 4.98 Å². The number of hydrogen-bond acceptors (Lipinski definition) is 6. The van der Waals surface area contributed by atoms with E-state index >= 15 is 0 Å². The molecule has 0 radical (unpaired) electrons. The number of thiazole rings is 1. The minimum absolute atomic E-state index is 0.000227. The first kappa shape index (κ1) is 26.1. The molecule has 1 aliphatic heterocycles. The topological polar surface area (TPSA) is 91.8 Å². The summed E-state index contributed by atoms with van der Waals surface area (Å²) in [6.45, 7) is 9.25. The molecule has 1 aromatic heterocycles. The van der Waals surface area contributed by atoms with Crippen molar-refractivity contribution >= 4 is 45.8 Å². The summed E-state index contributed by atoms with van der Waals surface area (Å²) in [4.78, 5) is 46.1. The molecule has 3 rings (SSSR count). The van der Waals surface area contributed by atoms with Crippen molar-refractivity contribution in [1.82, 2.24) is 14.8 Å². The van der Waals surface area contributed by atoms with Gasteiger partial charge in [-0.1, -0.05) is 37.6 Å². The van der Waals surface area contributed by atoms with Gasteiger partial charge in [-0.2, -0.15) is 0 Å². The van der Waals surface area contributed by atoms with Gasteiger partial charge in [-0.15, -0.1) is 11.3 Å². The van der Waals surface area contributed by atoms with Gasteiger partial charge in [-0.3, -0.25) is 14.4 Å². The summed E-state index contributed by atoms with van der Waals surface area (Å²) in [5, 5.41) is 5.26. The third-order valence-electron chi connectivity index (χ3n) is 5.21. The van der Waals surface area contributed by atoms with E-state index in [1.54, 1.807) is 34.5 Å². The van der Waals surface area contributed by atoms with Gasteiger partial charge in [-0.05, 0) is 31.9 Å². The maximum atomic E-state index is 13.0. The Bertz CT molecular complexity index is 1020. The zero-order chi connectivity index (χ0) is 24.8. The molecule has 3 amide bonds. The SMILES string of the molecule is CC(C)CN(CC(=O)Nc1nc(CC(=O)N2C[C@@H](C)O[C@@H](C)C2)cs1)C(=O)c1ccccc1Cl. The number of aromatic nitrogens is 1. The van der Waals surface area contributed by atoms with E-state index in [-0.39, 0.29) is 48.8 Å². The largest absolute Gasteiger partial charge is 0.372 e. The highest BCUT2D eigenvalue weighted by Crippen LogP contribution is 2.20. The highest BCUT2D eigenvalue weighted by molar-refractivity contribution is 7.13. The molecule has 34 heavy (non-hydrogen) atoms. The van der Waals surface area contributed by atoms with Gasteiger partial charge >= 0.3 is 0 Å². The molecule has 0 bridgehead atoms. The number of nitrogens with one attached hydrogen (secondary N) is 1. The lowest BCUT2D eigenvalue weighted by Crippen LogP contribution is -2.48. The maximum Gasteiger partial charge on any atom is 0.255 e. The van der Waals surface area contributed by atoms with E-state index < -0.39 is 0 Å². The van der Waals surface area contributed by atoms with E-state index in [2.05, 4.69) is 10.3 Å². The maximum absolute atomic E-state index is 13.0. The fraction of sp³-hybridized carbons (Fsp3) is 0.500. The van der Waals surface area contributed by atoms with Gasteiger partial charge in [0.2, 0.25) is 11.8 Å². The van der Waals surface area contributed by atoms with Gasteiger partial charge in [0.05, 0.1) is 34.9 Å². The van der Waals surface area contributed by atoms with Crippen LogP contribution in [-0.2, 0) is 20.7 Å². The number of rotatable bonds is 8. The fourth-order valence-corrected chi connectivity index (χ4v) is 4.83. The van der Waals surface area contributed by atoms with Crippen molar-refractivity contribution in [3.05, 3.63) is 45.9 Å². The van der Waals surface area contributed by atoms with Crippen LogP contribution in [0.1, 0.15) is 43.7 Å². The Balaban J connectivity index is 1.59. The highest BCUT2D eigenvalue weighted by Gasteiger charge is 2.26. The van der Waals surface area contributed by atoms with Crippen molar-refractivity contribution in [2.75, 3.05) is 31.5 Å². The van der Waals surface area contributed by atoms with Crippen LogP contribution in [-0.4, -0.2) is 70.9 Å². The minimum Gasteiger partial charge on any atom is -0.372 e. The van der Waals surface area contributed by atoms with Crippen LogP contribution in [0.5, 0.6) is 0 Å². The predicted octanol–water partition coefficient (Wildman–Crippen LogP) is 3.71. The fourth-order valence-electron chi connectivity index (χ4n) is 3.89. The number of carbonyl (C=O) groups is 3. The summed E-state index contributed by atoms with van der Waals surface area (Å²) < 4.78 is 5.68. The summed E-state index contributed by atoms with van der Waals surface area (Å²) in [6.07, 6.45) is 0.163. The molecule has 2 heterocycles. The predicted molar refractivity (Wildman–Crippen MR) is 133 cm³/mol. The van der Waals surface area contributed by atoms with Gasteiger partial charge < -0.3 is 19.9 Å². The quantitative estimate of drug-likeness (QED) is 0.589. The van der Waals surface area contributed by atoms with Crippen molar-refractivity contribution < 1.29 is 19.1 Å². The first-order valence-corrected chi connectivity index (χ1v) is 12.6. The number of anilines is 1. The van der Waals surface area contributed by atoms with Gasteiger partial charge in [0, 0.05) is 25.0 Å². The number of halogens is 1. The Hall–Kier alpha value is -2.49. The first-order valence-electron chi connectivity index (χ1n) is 11.3. The number of morpholine rings is 1. The molecule has 1 fully saturated rings. The molecule has 1 aromatic carbocycles. The van der Waals surface area contributed by atoms with Gasteiger partial charge in [0.15, 0.2) is 5.13 Å². The van der Waals surface area contributed by atoms with Crippen molar-refractivity contribution in [2.45, 2.75) is 46.3 Å². The minimum atomic E-state index is -0.357. The Kier molecular flexibility index (Phi) is 9.04. The zero-order valence-electron chi connectivity index (χ0n) is 19.9. The summed E-state index contributed by atoms with van der Waals surface area (Å²) in [7, 11) is 0. The van der Waals surface area contributed by atoms with Crippen LogP contribution in [0.3, 0.4) is 0 Å². The molecule has 10 heteroatoms. The lowest BCUT2D eigenvalue weighted by atomic mass is 10.1. The standard InChI is InChI=1S/C24H31ClN4O4S/c1-15(2)10-29(23(32)19-7-5-6-8-20(19)25)13-21(30)27-24-26-18(14-34-24)9-22(31)28-11-16(3)33-17(4)12-28/h5-8,14-17H,9-13H2,1-4H3,(H,26,27,30)/t16-,17+. The molecule has 184 valence electrons. The highest BCUT2D eigenvalue weighted by atomic mass is 35.5. The third kappa shape index (κ3) is 7.25. The van der Waals surface area contributed by atoms with E-state index in [0.29, 0.717) is 41.0 Å². The van der Waals surface area contributed by atoms with Crippen molar-refractivity contribution in [2.24, 2.45) is 5.92 Å². The van der Waals surface area contributed by atoms with E-state index in [9.17, 15) is 14.4 Å². The van der Waals surface area contributed by atoms with Crippen LogP contribution in [0, 0.1) is 5.92 Å². The molecule has 2 atom stereocenters. The molecular weight excluding hydrogens is 476 g/mol. The number of benzene rings is 1. The number of amides is 3. The second-order valence-electron chi connectivity index (χ2n) is 8.98. The molecule has 0 saturated carbocycles. The number of nitrogens with zero attached hydrogens (tertiary/aromatic N) is 3. The van der Waals surface area contributed by atoms with E-state index in [1.807, 2.05) is 27.7 Å². The average Bonchev–Trinajstić information content (AvgIpc) is 3.18. The van der Waals surface area contributed by atoms with Crippen LogP contribution < -0.4 is 5.32 Å². The second-order valence-corrected chi connectivity index (χ2v) is 10.2. The van der Waals surface area contributed by atoms with Gasteiger partial charge in [0.1, 0.15) is 6.54 Å².